The molecule has 2 N–H and O–H groups in total. The summed E-state index contributed by atoms with van der Waals surface area (Å²) in [6.45, 7) is 7.99. The first kappa shape index (κ1) is 18.0. The predicted molar refractivity (Wildman–Crippen MR) is 107 cm³/mol. The number of hydrogen-bond acceptors (Lipinski definition) is 4. The second-order valence-electron chi connectivity index (χ2n) is 7.44. The molecule has 0 saturated carbocycles. The number of fused-ring (bicyclic) bond motifs is 3. The van der Waals surface area contributed by atoms with Gasteiger partial charge in [0.1, 0.15) is 11.3 Å². The van der Waals surface area contributed by atoms with Crippen molar-refractivity contribution in [1.29, 1.82) is 0 Å². The van der Waals surface area contributed by atoms with Crippen LogP contribution in [-0.2, 0) is 0 Å². The quantitative estimate of drug-likeness (QED) is 0.572. The highest BCUT2D eigenvalue weighted by Gasteiger charge is 2.22. The first-order valence-electron chi connectivity index (χ1n) is 9.26. The molecule has 2 aliphatic rings. The van der Waals surface area contributed by atoms with Gasteiger partial charge < -0.3 is 10.3 Å². The minimum absolute atomic E-state index is 0.0169. The zero-order valence-corrected chi connectivity index (χ0v) is 16.2. The Morgan fingerprint density at radius 1 is 1.14 bits per heavy atom. The molecule has 1 amide bonds. The molecule has 0 spiro atoms. The lowest BCUT2D eigenvalue weighted by Crippen LogP contribution is -2.34. The number of H-pyrrole nitrogens is 1. The molecule has 8 heteroatoms. The van der Waals surface area contributed by atoms with E-state index in [0.717, 1.165) is 0 Å². The molecule has 0 bridgehead atoms. The van der Waals surface area contributed by atoms with Crippen molar-refractivity contribution in [2.75, 3.05) is 0 Å². The Morgan fingerprint density at radius 2 is 1.86 bits per heavy atom. The Hall–Kier alpha value is -3.42. The van der Waals surface area contributed by atoms with Gasteiger partial charge in [0.15, 0.2) is 0 Å². The van der Waals surface area contributed by atoms with Crippen LogP contribution >= 0.6 is 0 Å². The summed E-state index contributed by atoms with van der Waals surface area (Å²) in [7, 11) is 0. The number of aromatic nitrogens is 5. The van der Waals surface area contributed by atoms with E-state index in [1.807, 2.05) is 38.1 Å². The van der Waals surface area contributed by atoms with E-state index in [0.29, 0.717) is 33.9 Å². The van der Waals surface area contributed by atoms with Crippen LogP contribution in [0.4, 0.5) is 4.79 Å². The lowest BCUT2D eigenvalue weighted by Gasteiger charge is -2.08. The van der Waals surface area contributed by atoms with Gasteiger partial charge in [-0.2, -0.15) is 19.6 Å². The van der Waals surface area contributed by atoms with E-state index in [1.165, 1.54) is 14.9 Å². The number of amides is 1. The average molecular weight is 378 g/mol. The van der Waals surface area contributed by atoms with Crippen LogP contribution in [0.25, 0.3) is 28.0 Å². The Bertz CT molecular complexity index is 1180. The molecule has 0 fully saturated rings. The molecule has 0 radical (unpaired) electrons. The summed E-state index contributed by atoms with van der Waals surface area (Å²) in [4.78, 5) is 28.2. The largest absolute Gasteiger partial charge is 0.345 e. The molecule has 2 aromatic rings. The number of benzene rings is 1. The second-order valence-corrected chi connectivity index (χ2v) is 7.44. The van der Waals surface area contributed by atoms with Gasteiger partial charge in [0.2, 0.25) is 0 Å². The van der Waals surface area contributed by atoms with Crippen molar-refractivity contribution in [2.24, 2.45) is 0 Å². The van der Waals surface area contributed by atoms with E-state index < -0.39 is 0 Å². The van der Waals surface area contributed by atoms with Crippen molar-refractivity contribution in [1.82, 2.24) is 29.9 Å². The van der Waals surface area contributed by atoms with Crippen molar-refractivity contribution in [2.45, 2.75) is 39.7 Å². The van der Waals surface area contributed by atoms with Crippen molar-refractivity contribution in [3.8, 4) is 16.9 Å². The molecule has 0 aliphatic carbocycles. The van der Waals surface area contributed by atoms with Gasteiger partial charge in [0.05, 0.1) is 22.8 Å². The highest BCUT2D eigenvalue weighted by atomic mass is 16.2. The maximum Gasteiger partial charge on any atom is 0.344 e. The third kappa shape index (κ3) is 2.87. The molecule has 1 aromatic heterocycles. The van der Waals surface area contributed by atoms with Crippen LogP contribution in [0.15, 0.2) is 41.5 Å². The normalized spacial score (nSPS) is 11.8. The number of nitrogens with zero attached hydrogens (tertiary/aromatic N) is 4. The number of aromatic amines is 1. The molecule has 4 rings (SSSR count). The van der Waals surface area contributed by atoms with E-state index in [9.17, 15) is 9.59 Å². The fraction of sp³-hybridized carbons (Fsp3) is 0.300. The lowest BCUT2D eigenvalue weighted by atomic mass is 10.0. The summed E-state index contributed by atoms with van der Waals surface area (Å²) in [5.74, 6) is 0.412. The van der Waals surface area contributed by atoms with Crippen molar-refractivity contribution >= 4 is 17.1 Å². The van der Waals surface area contributed by atoms with Crippen LogP contribution in [0.1, 0.15) is 39.2 Å². The highest BCUT2D eigenvalue weighted by molar-refractivity contribution is 5.95. The molecule has 0 unspecified atom stereocenters. The third-order valence-electron chi connectivity index (χ3n) is 4.66. The molecule has 144 valence electrons. The van der Waals surface area contributed by atoms with Crippen LogP contribution < -0.4 is 10.9 Å². The van der Waals surface area contributed by atoms with Crippen molar-refractivity contribution < 1.29 is 4.79 Å². The summed E-state index contributed by atoms with van der Waals surface area (Å²) in [6, 6.07) is 7.43. The number of pyridine rings is 1. The summed E-state index contributed by atoms with van der Waals surface area (Å²) in [6.07, 6.45) is 3.12. The number of hydrogen-bond donors (Lipinski definition) is 2. The Labute approximate surface area is 161 Å². The standard InChI is InChI=1S/C20H22N6O2/c1-11(2)13-5-7-14(8-6-13)25-19(27)16-9-21-18-15(17(16)24-25)10-22-26(18)20(28)23-12(3)4/h5-12,21H,1-4H3,(H,23,28). The molecule has 0 saturated heterocycles. The number of rotatable bonds is 3. The molecule has 28 heavy (non-hydrogen) atoms. The lowest BCUT2D eigenvalue weighted by molar-refractivity contribution is 0.238. The van der Waals surface area contributed by atoms with Crippen molar-refractivity contribution in [3.63, 3.8) is 0 Å². The van der Waals surface area contributed by atoms with Crippen LogP contribution in [0.5, 0.6) is 0 Å². The second kappa shape index (κ2) is 6.63. The summed E-state index contributed by atoms with van der Waals surface area (Å²) >= 11 is 0. The van der Waals surface area contributed by atoms with Crippen LogP contribution in [0, 0.1) is 0 Å². The summed E-state index contributed by atoms with van der Waals surface area (Å²) < 4.78 is 2.63. The fourth-order valence-electron chi connectivity index (χ4n) is 3.18. The van der Waals surface area contributed by atoms with Gasteiger partial charge in [-0.15, -0.1) is 0 Å². The van der Waals surface area contributed by atoms with Gasteiger partial charge in [-0.25, -0.2) is 4.79 Å². The van der Waals surface area contributed by atoms with Gasteiger partial charge in [0, 0.05) is 12.2 Å². The zero-order chi connectivity index (χ0) is 20.0. The highest BCUT2D eigenvalue weighted by Crippen LogP contribution is 2.26. The first-order chi connectivity index (χ1) is 13.4. The molecular weight excluding hydrogens is 356 g/mol. The van der Waals surface area contributed by atoms with Gasteiger partial charge in [0.25, 0.3) is 5.56 Å². The Kier molecular flexibility index (Phi) is 4.26. The molecule has 3 heterocycles. The Morgan fingerprint density at radius 3 is 2.50 bits per heavy atom. The maximum absolute atomic E-state index is 12.9. The first-order valence-corrected chi connectivity index (χ1v) is 9.26. The average Bonchev–Trinajstić information content (AvgIpc) is 3.22. The van der Waals surface area contributed by atoms with E-state index in [4.69, 9.17) is 0 Å². The minimum Gasteiger partial charge on any atom is -0.345 e. The minimum atomic E-state index is -0.341. The number of carbonyl (C=O) groups is 1. The van der Waals surface area contributed by atoms with Crippen LogP contribution in [-0.4, -0.2) is 36.6 Å². The van der Waals surface area contributed by atoms with E-state index >= 15 is 0 Å². The monoisotopic (exact) mass is 378 g/mol. The molecule has 1 aromatic carbocycles. The molecule has 8 nitrogen and oxygen atoms in total. The topological polar surface area (TPSA) is 97.6 Å². The van der Waals surface area contributed by atoms with E-state index in [-0.39, 0.29) is 17.6 Å². The molecule has 2 aliphatic heterocycles. The van der Waals surface area contributed by atoms with Crippen LogP contribution in [0.3, 0.4) is 0 Å². The molecule has 0 atom stereocenters. The number of carbonyl (C=O) groups excluding carboxylic acids is 1. The number of nitrogens with one attached hydrogen (secondary N) is 2. The van der Waals surface area contributed by atoms with Gasteiger partial charge in [-0.1, -0.05) is 26.0 Å². The summed E-state index contributed by atoms with van der Waals surface area (Å²) in [5.41, 5.74) is 3.12. The third-order valence-corrected chi connectivity index (χ3v) is 4.66. The van der Waals surface area contributed by atoms with E-state index in [1.54, 1.807) is 12.4 Å². The predicted octanol–water partition coefficient (Wildman–Crippen LogP) is 3.10. The van der Waals surface area contributed by atoms with Crippen molar-refractivity contribution in [3.05, 3.63) is 52.6 Å². The van der Waals surface area contributed by atoms with Gasteiger partial charge in [-0.05, 0) is 37.5 Å². The summed E-state index contributed by atoms with van der Waals surface area (Å²) in [5, 5.41) is 12.1. The molecular formula is C20H22N6O2. The SMILES string of the molecule is CC(C)NC(=O)n1ncc2c3nn(-c4ccc(C(C)C)cc4)c(=O)c-3c[nH]c21. The van der Waals surface area contributed by atoms with Gasteiger partial charge in [-0.3, -0.25) is 4.79 Å². The van der Waals surface area contributed by atoms with Gasteiger partial charge >= 0.3 is 6.03 Å². The maximum atomic E-state index is 12.9. The zero-order valence-electron chi connectivity index (χ0n) is 16.2. The van der Waals surface area contributed by atoms with Crippen LogP contribution in [0.2, 0.25) is 0 Å². The van der Waals surface area contributed by atoms with E-state index in [2.05, 4.69) is 34.3 Å². The Balaban J connectivity index is 1.83. The smallest absolute Gasteiger partial charge is 0.344 e. The fourth-order valence-corrected chi connectivity index (χ4v) is 3.18.